The highest BCUT2D eigenvalue weighted by atomic mass is 16.5. The van der Waals surface area contributed by atoms with Gasteiger partial charge in [-0.2, -0.15) is 5.26 Å². The van der Waals surface area contributed by atoms with Crippen LogP contribution in [-0.4, -0.2) is 30.3 Å². The lowest BCUT2D eigenvalue weighted by Gasteiger charge is -2.14. The lowest BCUT2D eigenvalue weighted by atomic mass is 10.1. The maximum atomic E-state index is 12.3. The minimum Gasteiger partial charge on any atom is -0.457 e. The Morgan fingerprint density at radius 2 is 1.92 bits per heavy atom. The van der Waals surface area contributed by atoms with Crippen LogP contribution in [0, 0.1) is 24.2 Å². The highest BCUT2D eigenvalue weighted by Crippen LogP contribution is 2.27. The summed E-state index contributed by atoms with van der Waals surface area (Å²) in [6, 6.07) is 14.3. The van der Waals surface area contributed by atoms with Crippen LogP contribution in [0.4, 0.5) is 5.69 Å². The van der Waals surface area contributed by atoms with Crippen molar-refractivity contribution in [1.82, 2.24) is 4.90 Å². The van der Waals surface area contributed by atoms with Gasteiger partial charge in [0.25, 0.3) is 0 Å². The molecule has 1 atom stereocenters. The number of aryl methyl sites for hydroxylation is 1. The number of carbonyl (C=O) groups is 2. The van der Waals surface area contributed by atoms with Crippen LogP contribution in [0.3, 0.4) is 0 Å². The maximum absolute atomic E-state index is 12.3. The normalized spacial score (nSPS) is 16.3. The molecule has 2 aromatic carbocycles. The Labute approximate surface area is 152 Å². The Morgan fingerprint density at radius 1 is 1.23 bits per heavy atom. The molecule has 2 amide bonds. The van der Waals surface area contributed by atoms with Gasteiger partial charge in [0.05, 0.1) is 17.6 Å². The number of ether oxygens (including phenoxy) is 1. The van der Waals surface area contributed by atoms with Gasteiger partial charge in [-0.25, -0.2) is 0 Å². The van der Waals surface area contributed by atoms with Crippen molar-refractivity contribution >= 4 is 17.5 Å². The van der Waals surface area contributed by atoms with Gasteiger partial charge in [-0.1, -0.05) is 0 Å². The van der Waals surface area contributed by atoms with E-state index in [1.165, 1.54) is 0 Å². The average molecular weight is 349 g/mol. The van der Waals surface area contributed by atoms with Crippen LogP contribution in [0.2, 0.25) is 0 Å². The largest absolute Gasteiger partial charge is 0.457 e. The molecule has 0 bridgehead atoms. The molecule has 0 aliphatic carbocycles. The molecule has 1 aliphatic rings. The zero-order valence-corrected chi connectivity index (χ0v) is 14.7. The van der Waals surface area contributed by atoms with E-state index < -0.39 is 0 Å². The summed E-state index contributed by atoms with van der Waals surface area (Å²) in [4.78, 5) is 25.5. The van der Waals surface area contributed by atoms with E-state index in [1.54, 1.807) is 48.3 Å². The molecule has 132 valence electrons. The Kier molecular flexibility index (Phi) is 4.90. The van der Waals surface area contributed by atoms with E-state index in [0.717, 1.165) is 5.56 Å². The summed E-state index contributed by atoms with van der Waals surface area (Å²) in [6.07, 6.45) is 0.251. The van der Waals surface area contributed by atoms with Gasteiger partial charge in [-0.05, 0) is 55.0 Å². The molecule has 1 saturated heterocycles. The van der Waals surface area contributed by atoms with Crippen LogP contribution in [0.5, 0.6) is 11.5 Å². The number of nitriles is 1. The van der Waals surface area contributed by atoms with E-state index in [1.807, 2.05) is 13.0 Å². The molecule has 26 heavy (non-hydrogen) atoms. The molecular weight excluding hydrogens is 330 g/mol. The molecule has 3 rings (SSSR count). The van der Waals surface area contributed by atoms with E-state index in [-0.39, 0.29) is 24.2 Å². The summed E-state index contributed by atoms with van der Waals surface area (Å²) < 4.78 is 5.77. The van der Waals surface area contributed by atoms with Crippen LogP contribution in [0.15, 0.2) is 42.5 Å². The third kappa shape index (κ3) is 3.83. The highest BCUT2D eigenvalue weighted by molar-refractivity contribution is 5.97. The summed E-state index contributed by atoms with van der Waals surface area (Å²) in [6.45, 7) is 2.33. The van der Waals surface area contributed by atoms with E-state index in [4.69, 9.17) is 10.00 Å². The fourth-order valence-electron chi connectivity index (χ4n) is 2.85. The highest BCUT2D eigenvalue weighted by Gasteiger charge is 2.32. The molecule has 6 heteroatoms. The number of nitrogens with one attached hydrogen (secondary N) is 1. The Bertz CT molecular complexity index is 884. The average Bonchev–Trinajstić information content (AvgIpc) is 2.97. The Balaban J connectivity index is 1.66. The van der Waals surface area contributed by atoms with Crippen LogP contribution in [0.1, 0.15) is 17.5 Å². The molecule has 1 heterocycles. The first-order chi connectivity index (χ1) is 12.5. The fraction of sp³-hybridized carbons (Fsp3) is 0.250. The SMILES string of the molecule is Cc1cc(Oc2ccc(C#N)cc2)ccc1NC(=O)[C@H]1CC(=O)N(C)C1. The lowest BCUT2D eigenvalue weighted by molar-refractivity contribution is -0.127. The first kappa shape index (κ1) is 17.5. The van der Waals surface area contributed by atoms with Crippen LogP contribution >= 0.6 is 0 Å². The van der Waals surface area contributed by atoms with Crippen molar-refractivity contribution in [2.45, 2.75) is 13.3 Å². The predicted octanol–water partition coefficient (Wildman–Crippen LogP) is 3.08. The molecule has 0 unspecified atom stereocenters. The Hall–Kier alpha value is -3.33. The maximum Gasteiger partial charge on any atom is 0.229 e. The zero-order valence-electron chi connectivity index (χ0n) is 14.7. The second kappa shape index (κ2) is 7.28. The summed E-state index contributed by atoms with van der Waals surface area (Å²) in [7, 11) is 1.70. The summed E-state index contributed by atoms with van der Waals surface area (Å²) >= 11 is 0. The molecule has 1 fully saturated rings. The third-order valence-corrected chi connectivity index (χ3v) is 4.39. The number of rotatable bonds is 4. The molecule has 0 aromatic heterocycles. The van der Waals surface area contributed by atoms with E-state index >= 15 is 0 Å². The van der Waals surface area contributed by atoms with Crippen molar-refractivity contribution < 1.29 is 14.3 Å². The molecule has 1 N–H and O–H groups in total. The van der Waals surface area contributed by atoms with Crippen molar-refractivity contribution in [1.29, 1.82) is 5.26 Å². The van der Waals surface area contributed by atoms with Crippen LogP contribution in [0.25, 0.3) is 0 Å². The summed E-state index contributed by atoms with van der Waals surface area (Å²) in [5, 5.41) is 11.7. The van der Waals surface area contributed by atoms with Gasteiger partial charge < -0.3 is 15.0 Å². The topological polar surface area (TPSA) is 82.4 Å². The first-order valence-corrected chi connectivity index (χ1v) is 8.30. The predicted molar refractivity (Wildman–Crippen MR) is 96.8 cm³/mol. The molecule has 1 aliphatic heterocycles. The standard InChI is InChI=1S/C20H19N3O3/c1-13-9-17(26-16-5-3-14(11-21)4-6-16)7-8-18(13)22-20(25)15-10-19(24)23(2)12-15/h3-9,15H,10,12H2,1-2H3,(H,22,25)/t15-/m0/s1. The quantitative estimate of drug-likeness (QED) is 0.919. The number of amides is 2. The molecule has 2 aromatic rings. The first-order valence-electron chi connectivity index (χ1n) is 8.30. The van der Waals surface area contributed by atoms with Crippen molar-refractivity contribution in [3.05, 3.63) is 53.6 Å². The number of hydrogen-bond acceptors (Lipinski definition) is 4. The number of benzene rings is 2. The number of hydrogen-bond donors (Lipinski definition) is 1. The van der Waals surface area contributed by atoms with Gasteiger partial charge in [-0.15, -0.1) is 0 Å². The van der Waals surface area contributed by atoms with Crippen molar-refractivity contribution in [3.63, 3.8) is 0 Å². The van der Waals surface area contributed by atoms with E-state index in [9.17, 15) is 9.59 Å². The van der Waals surface area contributed by atoms with Gasteiger partial charge in [0, 0.05) is 25.7 Å². The van der Waals surface area contributed by atoms with E-state index in [0.29, 0.717) is 29.3 Å². The minimum absolute atomic E-state index is 0.00645. The fourth-order valence-corrected chi connectivity index (χ4v) is 2.85. The van der Waals surface area contributed by atoms with Crippen molar-refractivity contribution in [2.24, 2.45) is 5.92 Å². The summed E-state index contributed by atoms with van der Waals surface area (Å²) in [5.74, 6) is 0.801. The van der Waals surface area contributed by atoms with Gasteiger partial charge in [0.1, 0.15) is 11.5 Å². The van der Waals surface area contributed by atoms with E-state index in [2.05, 4.69) is 11.4 Å². The molecular formula is C20H19N3O3. The third-order valence-electron chi connectivity index (χ3n) is 4.39. The number of anilines is 1. The molecule has 0 saturated carbocycles. The molecule has 6 nitrogen and oxygen atoms in total. The number of nitrogens with zero attached hydrogens (tertiary/aromatic N) is 2. The number of likely N-dealkylation sites (tertiary alicyclic amines) is 1. The van der Waals surface area contributed by atoms with Gasteiger partial charge >= 0.3 is 0 Å². The molecule has 0 radical (unpaired) electrons. The lowest BCUT2D eigenvalue weighted by Crippen LogP contribution is -2.26. The van der Waals surface area contributed by atoms with Gasteiger partial charge in [-0.3, -0.25) is 9.59 Å². The number of carbonyl (C=O) groups excluding carboxylic acids is 2. The van der Waals surface area contributed by atoms with Crippen molar-refractivity contribution in [3.8, 4) is 17.6 Å². The minimum atomic E-state index is -0.318. The van der Waals surface area contributed by atoms with Crippen LogP contribution < -0.4 is 10.1 Å². The van der Waals surface area contributed by atoms with Gasteiger partial charge in [0.2, 0.25) is 11.8 Å². The van der Waals surface area contributed by atoms with Crippen molar-refractivity contribution in [2.75, 3.05) is 18.9 Å². The second-order valence-electron chi connectivity index (χ2n) is 6.38. The zero-order chi connectivity index (χ0) is 18.7. The summed E-state index contributed by atoms with van der Waals surface area (Å²) in [5.41, 5.74) is 2.13. The van der Waals surface area contributed by atoms with Crippen LogP contribution in [-0.2, 0) is 9.59 Å². The Morgan fingerprint density at radius 3 is 2.50 bits per heavy atom. The molecule has 0 spiro atoms. The second-order valence-corrected chi connectivity index (χ2v) is 6.38. The smallest absolute Gasteiger partial charge is 0.229 e. The van der Waals surface area contributed by atoms with Gasteiger partial charge in [0.15, 0.2) is 0 Å². The monoisotopic (exact) mass is 349 g/mol.